The second kappa shape index (κ2) is 4.96. The van der Waals surface area contributed by atoms with E-state index >= 15 is 0 Å². The summed E-state index contributed by atoms with van der Waals surface area (Å²) in [7, 11) is 0. The number of ether oxygens (including phenoxy) is 2. The molecule has 1 heterocycles. The molecule has 0 aromatic rings. The summed E-state index contributed by atoms with van der Waals surface area (Å²) in [4.78, 5) is 35.8. The van der Waals surface area contributed by atoms with Crippen LogP contribution >= 0.6 is 0 Å². The van der Waals surface area contributed by atoms with E-state index in [0.717, 1.165) is 4.90 Å². The summed E-state index contributed by atoms with van der Waals surface area (Å²) in [6, 6.07) is -0.891. The van der Waals surface area contributed by atoms with E-state index in [1.807, 2.05) is 6.92 Å². The lowest BCUT2D eigenvalue weighted by Crippen LogP contribution is -2.46. The monoisotopic (exact) mass is 257 g/mol. The Hall–Kier alpha value is -1.59. The summed E-state index contributed by atoms with van der Waals surface area (Å²) in [6.45, 7) is 8.71. The Labute approximate surface area is 106 Å². The van der Waals surface area contributed by atoms with Gasteiger partial charge in [0.2, 0.25) is 0 Å². The maximum absolute atomic E-state index is 11.9. The number of hydrogen-bond acceptors (Lipinski definition) is 5. The second-order valence-electron chi connectivity index (χ2n) is 5.37. The number of carbonyl (C=O) groups is 3. The number of hydrogen-bond donors (Lipinski definition) is 0. The number of carbonyl (C=O) groups excluding carboxylic acids is 3. The van der Waals surface area contributed by atoms with E-state index in [-0.39, 0.29) is 5.92 Å². The Kier molecular flexibility index (Phi) is 3.98. The standard InChI is InChI=1S/C12H19NO5/c1-6-7(2)8-9(14)17-10(15)13(8)11(16)18-12(3,4)5/h7-8H,6H2,1-5H3/t7-,8+/m1/s1. The van der Waals surface area contributed by atoms with Gasteiger partial charge in [-0.15, -0.1) is 0 Å². The fourth-order valence-electron chi connectivity index (χ4n) is 1.62. The lowest BCUT2D eigenvalue weighted by Gasteiger charge is -2.26. The maximum atomic E-state index is 11.9. The van der Waals surface area contributed by atoms with Gasteiger partial charge < -0.3 is 9.47 Å². The summed E-state index contributed by atoms with van der Waals surface area (Å²) >= 11 is 0. The predicted octanol–water partition coefficient (Wildman–Crippen LogP) is 2.32. The number of nitrogens with zero attached hydrogens (tertiary/aromatic N) is 1. The van der Waals surface area contributed by atoms with E-state index in [1.165, 1.54) is 0 Å². The molecular formula is C12H19NO5. The van der Waals surface area contributed by atoms with Crippen molar-refractivity contribution >= 4 is 18.2 Å². The molecule has 2 amide bonds. The second-order valence-corrected chi connectivity index (χ2v) is 5.37. The van der Waals surface area contributed by atoms with Gasteiger partial charge in [-0.05, 0) is 26.7 Å². The molecule has 2 atom stereocenters. The summed E-state index contributed by atoms with van der Waals surface area (Å²) in [6.07, 6.45) is -1.16. The molecule has 1 aliphatic rings. The van der Waals surface area contributed by atoms with Crippen LogP contribution in [0.25, 0.3) is 0 Å². The third kappa shape index (κ3) is 3.00. The Balaban J connectivity index is 2.93. The maximum Gasteiger partial charge on any atom is 0.427 e. The number of esters is 1. The predicted molar refractivity (Wildman–Crippen MR) is 62.8 cm³/mol. The topological polar surface area (TPSA) is 72.9 Å². The average Bonchev–Trinajstić information content (AvgIpc) is 2.49. The van der Waals surface area contributed by atoms with Crippen molar-refractivity contribution in [1.82, 2.24) is 4.90 Å². The Morgan fingerprint density at radius 3 is 2.44 bits per heavy atom. The first-order valence-corrected chi connectivity index (χ1v) is 5.95. The largest absolute Gasteiger partial charge is 0.443 e. The fourth-order valence-corrected chi connectivity index (χ4v) is 1.62. The van der Waals surface area contributed by atoms with Crippen LogP contribution in [0.3, 0.4) is 0 Å². The van der Waals surface area contributed by atoms with Crippen LogP contribution in [0.15, 0.2) is 0 Å². The molecule has 1 aliphatic heterocycles. The third-order valence-electron chi connectivity index (χ3n) is 2.68. The minimum Gasteiger partial charge on any atom is -0.443 e. The molecule has 1 saturated heterocycles. The van der Waals surface area contributed by atoms with Gasteiger partial charge in [-0.2, -0.15) is 4.90 Å². The van der Waals surface area contributed by atoms with E-state index in [0.29, 0.717) is 6.42 Å². The average molecular weight is 257 g/mol. The zero-order chi connectivity index (χ0) is 14.1. The highest BCUT2D eigenvalue weighted by Gasteiger charge is 2.48. The minimum atomic E-state index is -0.959. The molecular weight excluding hydrogens is 238 g/mol. The van der Waals surface area contributed by atoms with Gasteiger partial charge >= 0.3 is 18.2 Å². The van der Waals surface area contributed by atoms with Crippen molar-refractivity contribution in [2.75, 3.05) is 0 Å². The quantitative estimate of drug-likeness (QED) is 0.560. The van der Waals surface area contributed by atoms with Crippen molar-refractivity contribution < 1.29 is 23.9 Å². The zero-order valence-corrected chi connectivity index (χ0v) is 11.4. The number of imide groups is 1. The molecule has 0 saturated carbocycles. The molecule has 1 fully saturated rings. The number of amides is 2. The van der Waals surface area contributed by atoms with Crippen LogP contribution in [-0.4, -0.2) is 34.7 Å². The van der Waals surface area contributed by atoms with Crippen molar-refractivity contribution in [3.63, 3.8) is 0 Å². The highest BCUT2D eigenvalue weighted by Crippen LogP contribution is 2.25. The SMILES string of the molecule is CC[C@@H](C)[C@H]1C(=O)OC(=O)N1C(=O)OC(C)(C)C. The van der Waals surface area contributed by atoms with Crippen molar-refractivity contribution in [2.24, 2.45) is 5.92 Å². The molecule has 0 aromatic carbocycles. The van der Waals surface area contributed by atoms with Crippen LogP contribution in [0.5, 0.6) is 0 Å². The summed E-state index contributed by atoms with van der Waals surface area (Å²) in [5, 5.41) is 0. The molecule has 0 radical (unpaired) electrons. The smallest absolute Gasteiger partial charge is 0.427 e. The Bertz CT molecular complexity index is 371. The molecule has 0 N–H and O–H groups in total. The number of rotatable bonds is 2. The van der Waals surface area contributed by atoms with Gasteiger partial charge in [0.1, 0.15) is 11.6 Å². The molecule has 102 valence electrons. The van der Waals surface area contributed by atoms with Crippen molar-refractivity contribution in [3.8, 4) is 0 Å². The van der Waals surface area contributed by atoms with Gasteiger partial charge in [0, 0.05) is 0 Å². The van der Waals surface area contributed by atoms with E-state index in [1.54, 1.807) is 27.7 Å². The van der Waals surface area contributed by atoms with Crippen LogP contribution in [0, 0.1) is 5.92 Å². The Morgan fingerprint density at radius 1 is 1.44 bits per heavy atom. The van der Waals surface area contributed by atoms with E-state index in [9.17, 15) is 14.4 Å². The van der Waals surface area contributed by atoms with Gasteiger partial charge in [0.05, 0.1) is 0 Å². The normalized spacial score (nSPS) is 21.8. The molecule has 18 heavy (non-hydrogen) atoms. The van der Waals surface area contributed by atoms with E-state index in [4.69, 9.17) is 4.74 Å². The van der Waals surface area contributed by atoms with Gasteiger partial charge in [0.25, 0.3) is 0 Å². The lowest BCUT2D eigenvalue weighted by molar-refractivity contribution is -0.137. The first-order chi connectivity index (χ1) is 8.17. The zero-order valence-electron chi connectivity index (χ0n) is 11.4. The summed E-state index contributed by atoms with van der Waals surface area (Å²) < 4.78 is 9.59. The van der Waals surface area contributed by atoms with Gasteiger partial charge in [-0.1, -0.05) is 20.3 Å². The van der Waals surface area contributed by atoms with Crippen molar-refractivity contribution in [3.05, 3.63) is 0 Å². The minimum absolute atomic E-state index is 0.170. The molecule has 6 heteroatoms. The number of cyclic esters (lactones) is 2. The Morgan fingerprint density at radius 2 is 2.00 bits per heavy atom. The van der Waals surface area contributed by atoms with E-state index < -0.39 is 29.8 Å². The van der Waals surface area contributed by atoms with Gasteiger partial charge in [-0.3, -0.25) is 0 Å². The lowest BCUT2D eigenvalue weighted by atomic mass is 9.99. The van der Waals surface area contributed by atoms with Crippen LogP contribution in [0.1, 0.15) is 41.0 Å². The van der Waals surface area contributed by atoms with Crippen LogP contribution < -0.4 is 0 Å². The van der Waals surface area contributed by atoms with Crippen molar-refractivity contribution in [1.29, 1.82) is 0 Å². The first kappa shape index (κ1) is 14.5. The van der Waals surface area contributed by atoms with Gasteiger partial charge in [-0.25, -0.2) is 14.4 Å². The van der Waals surface area contributed by atoms with Crippen LogP contribution in [0.2, 0.25) is 0 Å². The van der Waals surface area contributed by atoms with Gasteiger partial charge in [0.15, 0.2) is 0 Å². The summed E-state index contributed by atoms with van der Waals surface area (Å²) in [5.41, 5.74) is -0.733. The highest BCUT2D eigenvalue weighted by atomic mass is 16.6. The van der Waals surface area contributed by atoms with Crippen LogP contribution in [0.4, 0.5) is 9.59 Å². The molecule has 0 spiro atoms. The van der Waals surface area contributed by atoms with Crippen molar-refractivity contribution in [2.45, 2.75) is 52.7 Å². The molecule has 0 aliphatic carbocycles. The molecule has 6 nitrogen and oxygen atoms in total. The van der Waals surface area contributed by atoms with E-state index in [2.05, 4.69) is 4.74 Å². The molecule has 0 bridgehead atoms. The molecule has 1 rings (SSSR count). The first-order valence-electron chi connectivity index (χ1n) is 5.95. The highest BCUT2D eigenvalue weighted by molar-refractivity contribution is 6.04. The summed E-state index contributed by atoms with van der Waals surface area (Å²) in [5.74, 6) is -0.864. The molecule has 0 aromatic heterocycles. The fraction of sp³-hybridized carbons (Fsp3) is 0.750. The molecule has 0 unspecified atom stereocenters. The third-order valence-corrected chi connectivity index (χ3v) is 2.68. The van der Waals surface area contributed by atoms with Crippen LogP contribution in [-0.2, 0) is 14.3 Å².